The molecule has 0 saturated heterocycles. The lowest BCUT2D eigenvalue weighted by Crippen LogP contribution is -2.48. The number of carboxylic acid groups (broad SMARTS) is 1. The number of fused-ring (bicyclic) bond motifs is 3. The van der Waals surface area contributed by atoms with Crippen LogP contribution in [0.1, 0.15) is 64.2 Å². The minimum Gasteiger partial charge on any atom is -0.488 e. The van der Waals surface area contributed by atoms with Crippen LogP contribution in [0.4, 0.5) is 9.59 Å². The molecule has 0 aliphatic heterocycles. The van der Waals surface area contributed by atoms with Gasteiger partial charge in [0.1, 0.15) is 36.2 Å². The molecule has 3 aromatic rings. The molecular formula is C36H42N2O9. The maximum Gasteiger partial charge on any atom is 0.408 e. The Morgan fingerprint density at radius 2 is 1.28 bits per heavy atom. The van der Waals surface area contributed by atoms with Gasteiger partial charge < -0.3 is 34.7 Å². The van der Waals surface area contributed by atoms with Crippen molar-refractivity contribution >= 4 is 24.1 Å². The van der Waals surface area contributed by atoms with Crippen molar-refractivity contribution in [2.24, 2.45) is 0 Å². The van der Waals surface area contributed by atoms with E-state index in [0.717, 1.165) is 22.3 Å². The van der Waals surface area contributed by atoms with E-state index in [2.05, 4.69) is 10.6 Å². The maximum absolute atomic E-state index is 13.3. The predicted molar refractivity (Wildman–Crippen MR) is 174 cm³/mol. The molecule has 3 N–H and O–H groups in total. The highest BCUT2D eigenvalue weighted by Crippen LogP contribution is 2.44. The van der Waals surface area contributed by atoms with Crippen molar-refractivity contribution < 1.29 is 43.2 Å². The van der Waals surface area contributed by atoms with Crippen LogP contribution in [0.15, 0.2) is 72.8 Å². The van der Waals surface area contributed by atoms with Gasteiger partial charge in [0.05, 0.1) is 0 Å². The first-order valence-corrected chi connectivity index (χ1v) is 15.4. The number of alkyl carbamates (subject to hydrolysis) is 2. The third-order valence-electron chi connectivity index (χ3n) is 7.09. The summed E-state index contributed by atoms with van der Waals surface area (Å²) in [5, 5.41) is 14.4. The maximum atomic E-state index is 13.3. The van der Waals surface area contributed by atoms with Gasteiger partial charge in [-0.1, -0.05) is 60.7 Å². The monoisotopic (exact) mass is 646 g/mol. The summed E-state index contributed by atoms with van der Waals surface area (Å²) in [6.07, 6.45) is -1.81. The number of carbonyl (C=O) groups excluding carboxylic acids is 3. The molecule has 4 rings (SSSR count). The summed E-state index contributed by atoms with van der Waals surface area (Å²) in [6.45, 7) is 9.99. The van der Waals surface area contributed by atoms with Crippen LogP contribution >= 0.6 is 0 Å². The third kappa shape index (κ3) is 9.96. The van der Waals surface area contributed by atoms with Crippen molar-refractivity contribution in [2.75, 3.05) is 13.2 Å². The molecule has 0 radical (unpaired) electrons. The highest BCUT2D eigenvalue weighted by Gasteiger charge is 2.31. The van der Waals surface area contributed by atoms with Crippen LogP contribution < -0.4 is 15.4 Å². The number of hydrogen-bond acceptors (Lipinski definition) is 8. The Balaban J connectivity index is 1.46. The van der Waals surface area contributed by atoms with Crippen molar-refractivity contribution in [3.05, 3.63) is 89.5 Å². The Kier molecular flexibility index (Phi) is 10.8. The lowest BCUT2D eigenvalue weighted by molar-refractivity contribution is -0.150. The second-order valence-electron chi connectivity index (χ2n) is 13.3. The average Bonchev–Trinajstić information content (AvgIpc) is 3.30. The summed E-state index contributed by atoms with van der Waals surface area (Å²) < 4.78 is 21.9. The molecule has 11 nitrogen and oxygen atoms in total. The molecule has 1 aliphatic rings. The number of benzene rings is 3. The summed E-state index contributed by atoms with van der Waals surface area (Å²) in [7, 11) is 0. The van der Waals surface area contributed by atoms with Crippen molar-refractivity contribution in [3.63, 3.8) is 0 Å². The minimum absolute atomic E-state index is 0.00998. The zero-order chi connectivity index (χ0) is 34.4. The lowest BCUT2D eigenvalue weighted by atomic mass is 9.98. The normalized spacial score (nSPS) is 13.7. The highest BCUT2D eigenvalue weighted by molar-refractivity contribution is 5.84. The van der Waals surface area contributed by atoms with E-state index in [1.165, 1.54) is 0 Å². The fourth-order valence-corrected chi connectivity index (χ4v) is 5.15. The number of esters is 1. The van der Waals surface area contributed by atoms with Gasteiger partial charge in [-0.05, 0) is 81.5 Å². The van der Waals surface area contributed by atoms with Crippen molar-refractivity contribution in [2.45, 2.75) is 77.2 Å². The molecule has 47 heavy (non-hydrogen) atoms. The van der Waals surface area contributed by atoms with E-state index in [0.29, 0.717) is 11.3 Å². The fourth-order valence-electron chi connectivity index (χ4n) is 5.15. The first-order chi connectivity index (χ1) is 22.1. The Labute approximate surface area is 274 Å². The quantitative estimate of drug-likeness (QED) is 0.173. The van der Waals surface area contributed by atoms with Crippen LogP contribution in [-0.4, -0.2) is 65.7 Å². The molecule has 0 heterocycles. The Morgan fingerprint density at radius 1 is 0.723 bits per heavy atom. The van der Waals surface area contributed by atoms with Gasteiger partial charge >= 0.3 is 24.1 Å². The third-order valence-corrected chi connectivity index (χ3v) is 7.09. The Morgan fingerprint density at radius 3 is 1.81 bits per heavy atom. The summed E-state index contributed by atoms with van der Waals surface area (Å²) >= 11 is 0. The molecule has 0 fully saturated rings. The molecule has 0 saturated carbocycles. The Bertz CT molecular complexity index is 1540. The molecule has 2 unspecified atom stereocenters. The second-order valence-corrected chi connectivity index (χ2v) is 13.3. The molecule has 2 atom stereocenters. The molecule has 0 aromatic heterocycles. The minimum atomic E-state index is -1.59. The number of hydrogen-bond donors (Lipinski definition) is 3. The highest BCUT2D eigenvalue weighted by atomic mass is 16.6. The van der Waals surface area contributed by atoms with Gasteiger partial charge in [-0.15, -0.1) is 0 Å². The van der Waals surface area contributed by atoms with E-state index in [9.17, 15) is 24.3 Å². The van der Waals surface area contributed by atoms with E-state index >= 15 is 0 Å². The number of carbonyl (C=O) groups is 4. The molecule has 11 heteroatoms. The van der Waals surface area contributed by atoms with Crippen LogP contribution in [0, 0.1) is 0 Å². The van der Waals surface area contributed by atoms with E-state index in [4.69, 9.17) is 18.9 Å². The van der Waals surface area contributed by atoms with Crippen LogP contribution in [-0.2, 0) is 30.2 Å². The van der Waals surface area contributed by atoms with Crippen LogP contribution in [0.25, 0.3) is 11.1 Å². The summed E-state index contributed by atoms with van der Waals surface area (Å²) in [5.74, 6) is -1.91. The van der Waals surface area contributed by atoms with Crippen LogP contribution in [0.3, 0.4) is 0 Å². The summed E-state index contributed by atoms with van der Waals surface area (Å²) in [6, 6.07) is 20.0. The number of nitrogens with one attached hydrogen (secondary N) is 2. The molecular weight excluding hydrogens is 604 g/mol. The largest absolute Gasteiger partial charge is 0.488 e. The summed E-state index contributed by atoms with van der Waals surface area (Å²) in [5.41, 5.74) is 3.62. The number of ether oxygens (including phenoxy) is 4. The molecule has 2 amide bonds. The zero-order valence-corrected chi connectivity index (χ0v) is 27.5. The predicted octanol–water partition coefficient (Wildman–Crippen LogP) is 5.83. The fraction of sp³-hybridized carbons (Fsp3) is 0.389. The van der Waals surface area contributed by atoms with Gasteiger partial charge in [0.25, 0.3) is 0 Å². The van der Waals surface area contributed by atoms with Gasteiger partial charge in [0.15, 0.2) is 6.04 Å². The molecule has 3 aromatic carbocycles. The molecule has 0 bridgehead atoms. The SMILES string of the molecule is CC(C)(C)OC(=O)NC(COC(=O)C(Cc1ccc(OC(C)(C)C)cc1)NC(=O)OCC1c2ccccc2-c2ccccc21)C(=O)O. The smallest absolute Gasteiger partial charge is 0.408 e. The van der Waals surface area contributed by atoms with E-state index in [-0.39, 0.29) is 18.9 Å². The average molecular weight is 647 g/mol. The number of aliphatic carboxylic acids is 1. The van der Waals surface area contributed by atoms with Gasteiger partial charge in [-0.25, -0.2) is 19.2 Å². The molecule has 0 spiro atoms. The van der Waals surface area contributed by atoms with E-state index < -0.39 is 54.0 Å². The number of rotatable bonds is 11. The first-order valence-electron chi connectivity index (χ1n) is 15.4. The van der Waals surface area contributed by atoms with E-state index in [1.54, 1.807) is 45.0 Å². The molecule has 250 valence electrons. The summed E-state index contributed by atoms with van der Waals surface area (Å²) in [4.78, 5) is 50.4. The number of amides is 2. The second kappa shape index (κ2) is 14.6. The van der Waals surface area contributed by atoms with Gasteiger partial charge in [-0.3, -0.25) is 0 Å². The number of carboxylic acids is 1. The topological polar surface area (TPSA) is 149 Å². The van der Waals surface area contributed by atoms with Crippen molar-refractivity contribution in [1.82, 2.24) is 10.6 Å². The van der Waals surface area contributed by atoms with Gasteiger partial charge in [-0.2, -0.15) is 0 Å². The zero-order valence-electron chi connectivity index (χ0n) is 27.5. The van der Waals surface area contributed by atoms with Gasteiger partial charge in [0.2, 0.25) is 0 Å². The first kappa shape index (κ1) is 34.8. The van der Waals surface area contributed by atoms with Gasteiger partial charge in [0, 0.05) is 12.3 Å². The Hall–Kier alpha value is -5.06. The van der Waals surface area contributed by atoms with Crippen molar-refractivity contribution in [3.8, 4) is 16.9 Å². The molecule has 1 aliphatic carbocycles. The van der Waals surface area contributed by atoms with Crippen LogP contribution in [0.5, 0.6) is 5.75 Å². The van der Waals surface area contributed by atoms with Crippen LogP contribution in [0.2, 0.25) is 0 Å². The van der Waals surface area contributed by atoms with Crippen molar-refractivity contribution in [1.29, 1.82) is 0 Å². The lowest BCUT2D eigenvalue weighted by Gasteiger charge is -2.23. The standard InChI is InChI=1S/C36H42N2O9/c1-35(2,3)46-23-17-15-22(16-18-23)19-29(32(41)44-21-30(31(39)40)38-34(43)47-36(4,5)6)37-33(42)45-20-28-26-13-9-7-11-24(26)25-12-8-10-14-27(25)28/h7-18,28-30H,19-21H2,1-6H3,(H,37,42)(H,38,43)(H,39,40). The van der Waals surface area contributed by atoms with E-state index in [1.807, 2.05) is 69.3 Å².